The van der Waals surface area contributed by atoms with Gasteiger partial charge >= 0.3 is 5.97 Å². The molecule has 1 spiro atoms. The van der Waals surface area contributed by atoms with E-state index in [0.29, 0.717) is 49.4 Å². The minimum atomic E-state index is -2.99. The van der Waals surface area contributed by atoms with Crippen molar-refractivity contribution in [3.63, 3.8) is 0 Å². The van der Waals surface area contributed by atoms with Crippen LogP contribution in [0.5, 0.6) is 5.88 Å². The number of aliphatic carboxylic acids is 1. The van der Waals surface area contributed by atoms with E-state index in [4.69, 9.17) is 19.2 Å². The van der Waals surface area contributed by atoms with Crippen LogP contribution in [0.3, 0.4) is 0 Å². The Kier molecular flexibility index (Phi) is 8.05. The number of aromatic nitrogens is 6. The molecule has 3 atom stereocenters. The van der Waals surface area contributed by atoms with Crippen molar-refractivity contribution >= 4 is 23.4 Å². The molecule has 7 rings (SSSR count). The van der Waals surface area contributed by atoms with Gasteiger partial charge in [-0.2, -0.15) is 9.97 Å². The molecule has 3 N–H and O–H groups in total. The smallest absolute Gasteiger partial charge is 0.326 e. The van der Waals surface area contributed by atoms with Crippen LogP contribution in [0.25, 0.3) is 22.6 Å². The molecule has 4 aromatic heterocycles. The van der Waals surface area contributed by atoms with E-state index < -0.39 is 36.0 Å². The minimum Gasteiger partial charge on any atom is -0.480 e. The quantitative estimate of drug-likeness (QED) is 0.242. The highest BCUT2D eigenvalue weighted by Gasteiger charge is 2.50. The van der Waals surface area contributed by atoms with Crippen molar-refractivity contribution in [1.82, 2.24) is 29.9 Å². The number of anilines is 3. The molecule has 0 radical (unpaired) electrons. The number of hydrogen-bond donors (Lipinski definition) is 3. The Bertz CT molecular complexity index is 1760. The average Bonchev–Trinajstić information content (AvgIpc) is 3.76. The Morgan fingerprint density at radius 3 is 2.72 bits per heavy atom. The van der Waals surface area contributed by atoms with E-state index in [9.17, 15) is 18.7 Å². The molecule has 3 saturated heterocycles. The van der Waals surface area contributed by atoms with Crippen molar-refractivity contribution in [2.75, 3.05) is 55.1 Å². The van der Waals surface area contributed by atoms with Crippen LogP contribution in [-0.2, 0) is 14.3 Å². The number of alkyl halides is 2. The van der Waals surface area contributed by atoms with Crippen LogP contribution in [0.15, 0.2) is 48.9 Å². The molecule has 47 heavy (non-hydrogen) atoms. The van der Waals surface area contributed by atoms with Crippen LogP contribution < -0.4 is 19.9 Å². The van der Waals surface area contributed by atoms with Crippen LogP contribution in [0.4, 0.5) is 26.2 Å². The molecule has 246 valence electrons. The van der Waals surface area contributed by atoms with Gasteiger partial charge in [-0.25, -0.2) is 28.5 Å². The molecule has 0 unspecified atom stereocenters. The summed E-state index contributed by atoms with van der Waals surface area (Å²) in [5.74, 6) is -1.09. The van der Waals surface area contributed by atoms with E-state index in [0.717, 1.165) is 11.1 Å². The van der Waals surface area contributed by atoms with E-state index in [1.807, 2.05) is 18.2 Å². The first-order valence-electron chi connectivity index (χ1n) is 15.2. The number of pyridine rings is 2. The fourth-order valence-electron chi connectivity index (χ4n) is 6.24. The molecule has 0 bridgehead atoms. The van der Waals surface area contributed by atoms with Crippen molar-refractivity contribution in [3.05, 3.63) is 54.7 Å². The molecule has 4 aromatic rings. The van der Waals surface area contributed by atoms with E-state index in [-0.39, 0.29) is 30.8 Å². The van der Waals surface area contributed by atoms with Gasteiger partial charge in [0.25, 0.3) is 6.43 Å². The Hall–Kier alpha value is -4.96. The first-order valence-corrected chi connectivity index (χ1v) is 15.2. The van der Waals surface area contributed by atoms with Crippen molar-refractivity contribution in [1.29, 1.82) is 0 Å². The summed E-state index contributed by atoms with van der Waals surface area (Å²) in [6.07, 6.45) is 1.40. The summed E-state index contributed by atoms with van der Waals surface area (Å²) in [5, 5.41) is 13.2. The second-order valence-electron chi connectivity index (χ2n) is 11.7. The maximum Gasteiger partial charge on any atom is 0.326 e. The van der Waals surface area contributed by atoms with Crippen molar-refractivity contribution < 1.29 is 32.9 Å². The zero-order valence-corrected chi connectivity index (χ0v) is 25.6. The largest absolute Gasteiger partial charge is 0.480 e. The summed E-state index contributed by atoms with van der Waals surface area (Å²) in [7, 11) is 1.80. The topological polar surface area (TPSA) is 164 Å². The molecular weight excluding hydrogens is 616 g/mol. The number of rotatable bonds is 9. The summed E-state index contributed by atoms with van der Waals surface area (Å²) in [6, 6.07) is 7.90. The molecule has 7 heterocycles. The van der Waals surface area contributed by atoms with Gasteiger partial charge in [-0.05, 0) is 42.8 Å². The SMILES string of the molecule is CNc1cc(-c2cnc(O[C@H]3C[C@@H](C(=O)O)N(c4nc(-c5ccc[nH]5)nc(C(F)F)n4)C3)c(N3CCOC4(COC4)[C@@H]3C)c2)ccn1. The van der Waals surface area contributed by atoms with Crippen molar-refractivity contribution in [2.45, 2.75) is 43.6 Å². The predicted molar refractivity (Wildman–Crippen MR) is 166 cm³/mol. The van der Waals surface area contributed by atoms with Crippen LogP contribution in [0.2, 0.25) is 0 Å². The van der Waals surface area contributed by atoms with Crippen molar-refractivity contribution in [3.8, 4) is 28.5 Å². The number of nitrogens with one attached hydrogen (secondary N) is 2. The van der Waals surface area contributed by atoms with E-state index in [2.05, 4.69) is 42.1 Å². The van der Waals surface area contributed by atoms with Crippen LogP contribution >= 0.6 is 0 Å². The Balaban J connectivity index is 1.23. The third-order valence-corrected chi connectivity index (χ3v) is 8.89. The lowest BCUT2D eigenvalue weighted by Gasteiger charge is -2.53. The highest BCUT2D eigenvalue weighted by Crippen LogP contribution is 2.41. The van der Waals surface area contributed by atoms with Gasteiger partial charge in [0.05, 0.1) is 38.1 Å². The van der Waals surface area contributed by atoms with E-state index in [1.54, 1.807) is 37.8 Å². The normalized spacial score (nSPS) is 22.0. The minimum absolute atomic E-state index is 0.0169. The highest BCUT2D eigenvalue weighted by molar-refractivity contribution is 5.78. The number of nitrogens with zero attached hydrogens (tertiary/aromatic N) is 7. The zero-order chi connectivity index (χ0) is 32.7. The monoisotopic (exact) mass is 649 g/mol. The number of aromatic amines is 1. The highest BCUT2D eigenvalue weighted by atomic mass is 19.3. The fraction of sp³-hybridized carbons (Fsp3) is 0.419. The molecule has 0 aliphatic carbocycles. The molecule has 3 aliphatic rings. The Labute approximate surface area is 268 Å². The van der Waals surface area contributed by atoms with Crippen LogP contribution in [-0.4, -0.2) is 105 Å². The summed E-state index contributed by atoms with van der Waals surface area (Å²) >= 11 is 0. The number of ether oxygens (including phenoxy) is 3. The van der Waals surface area contributed by atoms with Gasteiger partial charge in [-0.3, -0.25) is 0 Å². The average molecular weight is 650 g/mol. The zero-order valence-electron chi connectivity index (χ0n) is 25.6. The Morgan fingerprint density at radius 2 is 2.02 bits per heavy atom. The third kappa shape index (κ3) is 5.78. The number of hydrogen-bond acceptors (Lipinski definition) is 12. The molecular formula is C31H33F2N9O5. The number of carbonyl (C=O) groups is 1. The molecule has 16 heteroatoms. The second kappa shape index (κ2) is 12.3. The molecule has 0 saturated carbocycles. The van der Waals surface area contributed by atoms with E-state index >= 15 is 0 Å². The molecule has 0 amide bonds. The maximum absolute atomic E-state index is 13.9. The second-order valence-corrected chi connectivity index (χ2v) is 11.7. The van der Waals surface area contributed by atoms with Crippen LogP contribution in [0, 0.1) is 0 Å². The van der Waals surface area contributed by atoms with Gasteiger partial charge in [0.1, 0.15) is 29.3 Å². The first-order chi connectivity index (χ1) is 22.7. The number of carboxylic acid groups (broad SMARTS) is 1. The maximum atomic E-state index is 13.9. The number of carboxylic acids is 1. The summed E-state index contributed by atoms with van der Waals surface area (Å²) < 4.78 is 45.9. The van der Waals surface area contributed by atoms with Gasteiger partial charge in [0, 0.05) is 44.2 Å². The lowest BCUT2D eigenvalue weighted by atomic mass is 9.90. The standard InChI is InChI=1S/C31H33F2N9O5/c1-17-31(15-45-16-31)46-9-8-41(17)22-10-19(18-5-7-36-24(11-18)34-2)13-37-28(22)47-20-12-23(29(43)44)42(14-20)30-39-26(21-4-3-6-35-21)38-27(40-30)25(32)33/h3-7,10-11,13,17,20,23,25,35H,8-9,12,14-16H2,1-2H3,(H,34,36)(H,43,44)/t17-,20-,23-/m0/s1. The lowest BCUT2D eigenvalue weighted by molar-refractivity contribution is -0.228. The third-order valence-electron chi connectivity index (χ3n) is 8.89. The predicted octanol–water partition coefficient (Wildman–Crippen LogP) is 3.41. The van der Waals surface area contributed by atoms with Gasteiger partial charge < -0.3 is 39.4 Å². The van der Waals surface area contributed by atoms with E-state index in [1.165, 1.54) is 4.90 Å². The molecule has 3 aliphatic heterocycles. The van der Waals surface area contributed by atoms with Gasteiger partial charge in [0.15, 0.2) is 5.82 Å². The van der Waals surface area contributed by atoms with Gasteiger partial charge in [-0.15, -0.1) is 0 Å². The summed E-state index contributed by atoms with van der Waals surface area (Å²) in [6.45, 7) is 4.08. The molecule has 0 aromatic carbocycles. The fourth-order valence-corrected chi connectivity index (χ4v) is 6.24. The summed E-state index contributed by atoms with van der Waals surface area (Å²) in [5.41, 5.74) is 2.38. The Morgan fingerprint density at radius 1 is 1.17 bits per heavy atom. The molecule has 14 nitrogen and oxygen atoms in total. The number of morpholine rings is 1. The first kappa shape index (κ1) is 30.7. The number of H-pyrrole nitrogens is 1. The summed E-state index contributed by atoms with van der Waals surface area (Å²) in [4.78, 5) is 40.2. The number of halogens is 2. The van der Waals surface area contributed by atoms with Gasteiger partial charge in [-0.1, -0.05) is 0 Å². The molecule has 3 fully saturated rings. The lowest BCUT2D eigenvalue weighted by Crippen LogP contribution is -2.68. The van der Waals surface area contributed by atoms with Crippen LogP contribution in [0.1, 0.15) is 25.6 Å². The van der Waals surface area contributed by atoms with Gasteiger partial charge in [0.2, 0.25) is 17.7 Å². The van der Waals surface area contributed by atoms with Crippen molar-refractivity contribution in [2.24, 2.45) is 0 Å².